The third-order valence-corrected chi connectivity index (χ3v) is 4.85. The van der Waals surface area contributed by atoms with Gasteiger partial charge in [-0.1, -0.05) is 12.1 Å². The van der Waals surface area contributed by atoms with Crippen LogP contribution in [0.4, 0.5) is 5.69 Å². The summed E-state index contributed by atoms with van der Waals surface area (Å²) in [7, 11) is -3.87. The van der Waals surface area contributed by atoms with Crippen LogP contribution in [0.2, 0.25) is 0 Å². The first-order valence-corrected chi connectivity index (χ1v) is 8.42. The highest BCUT2D eigenvalue weighted by Crippen LogP contribution is 2.36. The lowest BCUT2D eigenvalue weighted by molar-refractivity contribution is 0.171. The Morgan fingerprint density at radius 1 is 1.13 bits per heavy atom. The predicted octanol–water partition coefficient (Wildman–Crippen LogP) is 2.44. The summed E-state index contributed by atoms with van der Waals surface area (Å²) in [5.41, 5.74) is 1.18. The smallest absolute Gasteiger partial charge is 0.263 e. The summed E-state index contributed by atoms with van der Waals surface area (Å²) in [5.74, 6) is 1.09. The Kier molecular flexibility index (Phi) is 3.84. The van der Waals surface area contributed by atoms with Crippen LogP contribution in [0, 0.1) is 18.3 Å². The highest BCUT2D eigenvalue weighted by atomic mass is 32.2. The third-order valence-electron chi connectivity index (χ3n) is 3.43. The number of hydrogen-bond acceptors (Lipinski definition) is 5. The van der Waals surface area contributed by atoms with E-state index in [4.69, 9.17) is 14.7 Å². The van der Waals surface area contributed by atoms with Crippen molar-refractivity contribution in [3.05, 3.63) is 47.5 Å². The first kappa shape index (κ1) is 15.2. The van der Waals surface area contributed by atoms with Crippen LogP contribution in [0.3, 0.4) is 0 Å². The molecule has 0 saturated carbocycles. The minimum absolute atomic E-state index is 0.0585. The van der Waals surface area contributed by atoms with E-state index >= 15 is 0 Å². The number of aryl methyl sites for hydroxylation is 1. The molecule has 0 saturated heterocycles. The molecule has 0 aromatic heterocycles. The number of nitrogens with zero attached hydrogens (tertiary/aromatic N) is 1. The molecule has 1 aliphatic heterocycles. The van der Waals surface area contributed by atoms with Crippen molar-refractivity contribution in [2.75, 3.05) is 17.9 Å². The zero-order chi connectivity index (χ0) is 16.4. The molecule has 0 atom stereocenters. The van der Waals surface area contributed by atoms with E-state index in [1.807, 2.05) is 6.07 Å². The fraction of sp³-hybridized carbons (Fsp3) is 0.188. The Balaban J connectivity index is 2.00. The number of fused-ring (bicyclic) bond motifs is 1. The summed E-state index contributed by atoms with van der Waals surface area (Å²) in [5, 5.41) is 9.08. The molecule has 0 bridgehead atoms. The molecular formula is C16H14N2O4S. The minimum atomic E-state index is -3.87. The minimum Gasteiger partial charge on any atom is -0.486 e. The number of nitriles is 1. The van der Waals surface area contributed by atoms with Gasteiger partial charge >= 0.3 is 0 Å². The van der Waals surface area contributed by atoms with Crippen molar-refractivity contribution < 1.29 is 17.9 Å². The van der Waals surface area contributed by atoms with E-state index in [9.17, 15) is 8.42 Å². The maximum atomic E-state index is 12.6. The number of sulfonamides is 1. The van der Waals surface area contributed by atoms with Gasteiger partial charge in [0.1, 0.15) is 24.2 Å². The fourth-order valence-electron chi connectivity index (χ4n) is 2.29. The topological polar surface area (TPSA) is 88.4 Å². The lowest BCUT2D eigenvalue weighted by atomic mass is 10.2. The van der Waals surface area contributed by atoms with Crippen molar-refractivity contribution in [1.29, 1.82) is 5.26 Å². The molecular weight excluding hydrogens is 316 g/mol. The Morgan fingerprint density at radius 2 is 1.78 bits per heavy atom. The molecule has 1 aliphatic rings. The Labute approximate surface area is 134 Å². The molecule has 1 heterocycles. The molecule has 3 rings (SSSR count). The van der Waals surface area contributed by atoms with E-state index in [2.05, 4.69) is 4.72 Å². The molecule has 2 aromatic carbocycles. The van der Waals surface area contributed by atoms with Gasteiger partial charge in [-0.2, -0.15) is 5.26 Å². The summed E-state index contributed by atoms with van der Waals surface area (Å²) in [6, 6.07) is 11.3. The van der Waals surface area contributed by atoms with Crippen molar-refractivity contribution in [3.63, 3.8) is 0 Å². The number of rotatable bonds is 3. The van der Waals surface area contributed by atoms with Crippen LogP contribution in [0.5, 0.6) is 11.5 Å². The first-order valence-electron chi connectivity index (χ1n) is 6.93. The van der Waals surface area contributed by atoms with E-state index in [0.29, 0.717) is 36.0 Å². The number of ether oxygens (including phenoxy) is 2. The van der Waals surface area contributed by atoms with Gasteiger partial charge in [0.25, 0.3) is 10.0 Å². The van der Waals surface area contributed by atoms with Gasteiger partial charge < -0.3 is 9.47 Å². The summed E-state index contributed by atoms with van der Waals surface area (Å²) in [6.45, 7) is 2.65. The van der Waals surface area contributed by atoms with Crippen LogP contribution in [-0.2, 0) is 10.0 Å². The number of anilines is 1. The quantitative estimate of drug-likeness (QED) is 0.934. The summed E-state index contributed by atoms with van der Waals surface area (Å²) in [4.78, 5) is -0.0585. The normalized spacial score (nSPS) is 13.2. The van der Waals surface area contributed by atoms with Gasteiger partial charge in [-0.15, -0.1) is 0 Å². The second-order valence-electron chi connectivity index (χ2n) is 5.02. The number of hydrogen-bond donors (Lipinski definition) is 1. The molecule has 0 unspecified atom stereocenters. The van der Waals surface area contributed by atoms with Gasteiger partial charge in [-0.3, -0.25) is 4.72 Å². The fourth-order valence-corrected chi connectivity index (χ4v) is 3.57. The van der Waals surface area contributed by atoms with Crippen molar-refractivity contribution in [1.82, 2.24) is 0 Å². The Bertz CT molecular complexity index is 901. The molecule has 0 radical (unpaired) electrons. The van der Waals surface area contributed by atoms with Crippen molar-refractivity contribution in [3.8, 4) is 17.6 Å². The highest BCUT2D eigenvalue weighted by Gasteiger charge is 2.21. The molecule has 0 fully saturated rings. The summed E-state index contributed by atoms with van der Waals surface area (Å²) in [6.07, 6.45) is 0. The van der Waals surface area contributed by atoms with Crippen LogP contribution >= 0.6 is 0 Å². The monoisotopic (exact) mass is 330 g/mol. The molecule has 2 aromatic rings. The molecule has 6 nitrogen and oxygen atoms in total. The van der Waals surface area contributed by atoms with Crippen molar-refractivity contribution in [2.45, 2.75) is 11.8 Å². The van der Waals surface area contributed by atoms with Gasteiger partial charge in [0, 0.05) is 6.07 Å². The molecule has 1 N–H and O–H groups in total. The van der Waals surface area contributed by atoms with Gasteiger partial charge in [-0.05, 0) is 30.7 Å². The average Bonchev–Trinajstić information content (AvgIpc) is 2.55. The summed E-state index contributed by atoms with van der Waals surface area (Å²) < 4.78 is 38.6. The molecule has 0 aliphatic carbocycles. The standard InChI is InChI=1S/C16H14N2O4S/c1-11-8-14-15(22-7-6-21-14)9-13(11)18-23(19,20)16-5-3-2-4-12(16)10-17/h2-5,8-9,18H,6-7H2,1H3. The summed E-state index contributed by atoms with van der Waals surface area (Å²) >= 11 is 0. The zero-order valence-corrected chi connectivity index (χ0v) is 13.2. The van der Waals surface area contributed by atoms with Crippen LogP contribution in [-0.4, -0.2) is 21.6 Å². The van der Waals surface area contributed by atoms with Crippen LogP contribution in [0.15, 0.2) is 41.3 Å². The van der Waals surface area contributed by atoms with Crippen LogP contribution in [0.25, 0.3) is 0 Å². The van der Waals surface area contributed by atoms with Gasteiger partial charge in [0.15, 0.2) is 11.5 Å². The van der Waals surface area contributed by atoms with Crippen molar-refractivity contribution >= 4 is 15.7 Å². The van der Waals surface area contributed by atoms with E-state index in [-0.39, 0.29) is 10.5 Å². The van der Waals surface area contributed by atoms with Gasteiger partial charge in [-0.25, -0.2) is 8.42 Å². The molecule has 23 heavy (non-hydrogen) atoms. The zero-order valence-electron chi connectivity index (χ0n) is 12.4. The van der Waals surface area contributed by atoms with E-state index in [1.165, 1.54) is 12.1 Å². The maximum Gasteiger partial charge on any atom is 0.263 e. The lowest BCUT2D eigenvalue weighted by Crippen LogP contribution is -2.18. The molecule has 0 amide bonds. The second kappa shape index (κ2) is 5.82. The van der Waals surface area contributed by atoms with Crippen molar-refractivity contribution in [2.24, 2.45) is 0 Å². The molecule has 7 heteroatoms. The maximum absolute atomic E-state index is 12.6. The Hall–Kier alpha value is -2.72. The number of benzene rings is 2. The molecule has 0 spiro atoms. The highest BCUT2D eigenvalue weighted by molar-refractivity contribution is 7.92. The van der Waals surface area contributed by atoms with Crippen LogP contribution in [0.1, 0.15) is 11.1 Å². The SMILES string of the molecule is Cc1cc2c(cc1NS(=O)(=O)c1ccccc1C#N)OCCO2. The third kappa shape index (κ3) is 2.94. The van der Waals surface area contributed by atoms with E-state index in [1.54, 1.807) is 31.2 Å². The second-order valence-corrected chi connectivity index (χ2v) is 6.68. The van der Waals surface area contributed by atoms with Crippen LogP contribution < -0.4 is 14.2 Å². The predicted molar refractivity (Wildman–Crippen MR) is 84.1 cm³/mol. The van der Waals surface area contributed by atoms with Gasteiger partial charge in [0.2, 0.25) is 0 Å². The lowest BCUT2D eigenvalue weighted by Gasteiger charge is -2.20. The van der Waals surface area contributed by atoms with E-state index in [0.717, 1.165) is 0 Å². The van der Waals surface area contributed by atoms with Gasteiger partial charge in [0.05, 0.1) is 11.3 Å². The molecule has 118 valence electrons. The van der Waals surface area contributed by atoms with E-state index < -0.39 is 10.0 Å². The Morgan fingerprint density at radius 3 is 2.48 bits per heavy atom. The average molecular weight is 330 g/mol. The first-order chi connectivity index (χ1) is 11.0. The largest absolute Gasteiger partial charge is 0.486 e. The number of nitrogens with one attached hydrogen (secondary N) is 1.